The lowest BCUT2D eigenvalue weighted by molar-refractivity contribution is 0.0923. The number of rotatable bonds is 4. The second kappa shape index (κ2) is 6.94. The van der Waals surface area contributed by atoms with Gasteiger partial charge in [0.1, 0.15) is 0 Å². The molecule has 0 bridgehead atoms. The van der Waals surface area contributed by atoms with Gasteiger partial charge in [-0.3, -0.25) is 4.79 Å². The van der Waals surface area contributed by atoms with Gasteiger partial charge in [-0.05, 0) is 43.7 Å². The van der Waals surface area contributed by atoms with Crippen LogP contribution in [0.1, 0.15) is 55.8 Å². The van der Waals surface area contributed by atoms with Crippen molar-refractivity contribution in [3.63, 3.8) is 0 Å². The van der Waals surface area contributed by atoms with E-state index in [9.17, 15) is 4.79 Å². The van der Waals surface area contributed by atoms with Crippen molar-refractivity contribution in [2.75, 3.05) is 0 Å². The van der Waals surface area contributed by atoms with E-state index in [-0.39, 0.29) is 5.91 Å². The maximum atomic E-state index is 12.3. The second-order valence-corrected chi connectivity index (χ2v) is 6.37. The molecule has 1 aliphatic rings. The van der Waals surface area contributed by atoms with Crippen LogP contribution in [0.4, 0.5) is 0 Å². The highest BCUT2D eigenvalue weighted by Gasteiger charge is 2.20. The monoisotopic (exact) mass is 313 g/mol. The van der Waals surface area contributed by atoms with E-state index in [1.807, 2.05) is 31.2 Å². The Morgan fingerprint density at radius 1 is 1.22 bits per heavy atom. The molecular weight excluding hydrogens is 290 g/mol. The molecule has 0 spiro atoms. The minimum atomic E-state index is -0.00142. The average Bonchev–Trinajstić information content (AvgIpc) is 3.06. The lowest BCUT2D eigenvalue weighted by Gasteiger charge is -2.26. The fraction of sp³-hybridized carbons (Fsp3) is 0.500. The number of hydrogen-bond acceptors (Lipinski definition) is 4. The number of carbonyl (C=O) groups excluding carboxylic acids is 1. The van der Waals surface area contributed by atoms with Gasteiger partial charge in [0.05, 0.1) is 0 Å². The third kappa shape index (κ3) is 3.78. The number of nitrogens with zero attached hydrogens (tertiary/aromatic N) is 2. The molecule has 1 fully saturated rings. The van der Waals surface area contributed by atoms with Crippen LogP contribution >= 0.6 is 0 Å². The van der Waals surface area contributed by atoms with Crippen molar-refractivity contribution >= 4 is 5.91 Å². The summed E-state index contributed by atoms with van der Waals surface area (Å²) < 4.78 is 5.11. The maximum absolute atomic E-state index is 12.3. The van der Waals surface area contributed by atoms with Crippen LogP contribution in [0.3, 0.4) is 0 Å². The van der Waals surface area contributed by atoms with Crippen LogP contribution in [0.2, 0.25) is 0 Å². The molecule has 23 heavy (non-hydrogen) atoms. The molecule has 1 aliphatic carbocycles. The molecule has 2 aromatic rings. The van der Waals surface area contributed by atoms with Crippen molar-refractivity contribution in [2.24, 2.45) is 5.92 Å². The fourth-order valence-corrected chi connectivity index (χ4v) is 2.96. The van der Waals surface area contributed by atoms with Crippen LogP contribution < -0.4 is 5.32 Å². The molecule has 5 nitrogen and oxygen atoms in total. The molecule has 1 amide bonds. The zero-order chi connectivity index (χ0) is 16.2. The fourth-order valence-electron chi connectivity index (χ4n) is 2.96. The summed E-state index contributed by atoms with van der Waals surface area (Å²) in [5.41, 5.74) is 1.53. The Balaban J connectivity index is 1.63. The lowest BCUT2D eigenvalue weighted by Crippen LogP contribution is -2.37. The van der Waals surface area contributed by atoms with E-state index in [1.54, 1.807) is 0 Å². The number of hydrogen-bond donors (Lipinski definition) is 1. The van der Waals surface area contributed by atoms with Crippen molar-refractivity contribution in [1.29, 1.82) is 0 Å². The number of benzene rings is 1. The molecule has 5 heteroatoms. The van der Waals surface area contributed by atoms with Crippen molar-refractivity contribution in [3.8, 4) is 11.4 Å². The predicted octanol–water partition coefficient (Wildman–Crippen LogP) is 3.61. The molecule has 0 unspecified atom stereocenters. The van der Waals surface area contributed by atoms with Crippen molar-refractivity contribution < 1.29 is 9.32 Å². The summed E-state index contributed by atoms with van der Waals surface area (Å²) in [6.45, 7) is 4.25. The molecule has 1 saturated carbocycles. The SMILES string of the molecule is CCc1nc(-c2ccc(C(=O)NC3CCC(C)CC3)cc2)no1. The Bertz CT molecular complexity index is 655. The molecule has 0 aliphatic heterocycles. The molecule has 0 radical (unpaired) electrons. The summed E-state index contributed by atoms with van der Waals surface area (Å²) in [5, 5.41) is 7.09. The van der Waals surface area contributed by atoms with Crippen molar-refractivity contribution in [1.82, 2.24) is 15.5 Å². The highest BCUT2D eigenvalue weighted by Crippen LogP contribution is 2.24. The molecule has 1 aromatic heterocycles. The Kier molecular flexibility index (Phi) is 4.74. The zero-order valence-corrected chi connectivity index (χ0v) is 13.7. The van der Waals surface area contributed by atoms with Gasteiger partial charge in [0, 0.05) is 23.6 Å². The van der Waals surface area contributed by atoms with Gasteiger partial charge >= 0.3 is 0 Å². The summed E-state index contributed by atoms with van der Waals surface area (Å²) >= 11 is 0. The van der Waals surface area contributed by atoms with Gasteiger partial charge < -0.3 is 9.84 Å². The number of aryl methyl sites for hydroxylation is 1. The van der Waals surface area contributed by atoms with E-state index in [0.29, 0.717) is 29.7 Å². The van der Waals surface area contributed by atoms with Gasteiger partial charge in [0.25, 0.3) is 5.91 Å². The number of nitrogens with one attached hydrogen (secondary N) is 1. The minimum Gasteiger partial charge on any atom is -0.349 e. The van der Waals surface area contributed by atoms with E-state index in [4.69, 9.17) is 4.52 Å². The standard InChI is InChI=1S/C18H23N3O2/c1-3-16-20-17(21-23-16)13-6-8-14(9-7-13)18(22)19-15-10-4-12(2)5-11-15/h6-9,12,15H,3-5,10-11H2,1-2H3,(H,19,22). The molecule has 1 aromatic carbocycles. The molecule has 0 saturated heterocycles. The smallest absolute Gasteiger partial charge is 0.251 e. The van der Waals surface area contributed by atoms with E-state index in [2.05, 4.69) is 22.4 Å². The van der Waals surface area contributed by atoms with E-state index in [0.717, 1.165) is 24.3 Å². The first-order valence-electron chi connectivity index (χ1n) is 8.39. The van der Waals surface area contributed by atoms with Crippen molar-refractivity contribution in [3.05, 3.63) is 35.7 Å². The first-order valence-corrected chi connectivity index (χ1v) is 8.39. The molecule has 0 atom stereocenters. The van der Waals surface area contributed by atoms with E-state index >= 15 is 0 Å². The summed E-state index contributed by atoms with van der Waals surface area (Å²) in [7, 11) is 0. The van der Waals surface area contributed by atoms with Gasteiger partial charge in [-0.15, -0.1) is 0 Å². The topological polar surface area (TPSA) is 68.0 Å². The minimum absolute atomic E-state index is 0.00142. The number of amides is 1. The summed E-state index contributed by atoms with van der Waals surface area (Å²) in [4.78, 5) is 16.6. The molecule has 1 heterocycles. The van der Waals surface area contributed by atoms with Crippen LogP contribution in [-0.2, 0) is 6.42 Å². The zero-order valence-electron chi connectivity index (χ0n) is 13.7. The third-order valence-electron chi connectivity index (χ3n) is 4.53. The van der Waals surface area contributed by atoms with Gasteiger partial charge in [0.15, 0.2) is 0 Å². The summed E-state index contributed by atoms with van der Waals surface area (Å²) in [6.07, 6.45) is 5.26. The largest absolute Gasteiger partial charge is 0.349 e. The maximum Gasteiger partial charge on any atom is 0.251 e. The Morgan fingerprint density at radius 3 is 2.52 bits per heavy atom. The first-order chi connectivity index (χ1) is 11.2. The van der Waals surface area contributed by atoms with Gasteiger partial charge in [-0.1, -0.05) is 31.1 Å². The Hall–Kier alpha value is -2.17. The second-order valence-electron chi connectivity index (χ2n) is 6.37. The van der Waals surface area contributed by atoms with Crippen LogP contribution in [0.25, 0.3) is 11.4 Å². The lowest BCUT2D eigenvalue weighted by atomic mass is 9.87. The molecule has 3 rings (SSSR count). The van der Waals surface area contributed by atoms with E-state index in [1.165, 1.54) is 12.8 Å². The summed E-state index contributed by atoms with van der Waals surface area (Å²) in [6, 6.07) is 7.67. The van der Waals surface area contributed by atoms with Crippen molar-refractivity contribution in [2.45, 2.75) is 52.0 Å². The quantitative estimate of drug-likeness (QED) is 0.936. The first kappa shape index (κ1) is 15.7. The van der Waals surface area contributed by atoms with Gasteiger partial charge in [0.2, 0.25) is 11.7 Å². The molecule has 122 valence electrons. The Morgan fingerprint density at radius 2 is 1.91 bits per heavy atom. The van der Waals surface area contributed by atoms with Crippen LogP contribution in [-0.4, -0.2) is 22.1 Å². The normalized spacial score (nSPS) is 21.1. The van der Waals surface area contributed by atoms with Gasteiger partial charge in [-0.2, -0.15) is 4.98 Å². The number of aromatic nitrogens is 2. The Labute approximate surface area is 136 Å². The summed E-state index contributed by atoms with van der Waals surface area (Å²) in [5.74, 6) is 1.97. The van der Waals surface area contributed by atoms with Crippen LogP contribution in [0, 0.1) is 5.92 Å². The third-order valence-corrected chi connectivity index (χ3v) is 4.53. The van der Waals surface area contributed by atoms with E-state index < -0.39 is 0 Å². The average molecular weight is 313 g/mol. The van der Waals surface area contributed by atoms with Crippen LogP contribution in [0.5, 0.6) is 0 Å². The molecular formula is C18H23N3O2. The van der Waals surface area contributed by atoms with Crippen LogP contribution in [0.15, 0.2) is 28.8 Å². The number of carbonyl (C=O) groups is 1. The highest BCUT2D eigenvalue weighted by atomic mass is 16.5. The molecule has 1 N–H and O–H groups in total. The highest BCUT2D eigenvalue weighted by molar-refractivity contribution is 5.94. The van der Waals surface area contributed by atoms with Gasteiger partial charge in [-0.25, -0.2) is 0 Å². The predicted molar refractivity (Wildman–Crippen MR) is 88.0 cm³/mol.